The lowest BCUT2D eigenvalue weighted by Crippen LogP contribution is -2.31. The summed E-state index contributed by atoms with van der Waals surface area (Å²) in [4.78, 5) is 11.7. The Labute approximate surface area is 212 Å². The SMILES string of the molecule is COc1cc2c(cc1OC)C(Cc1ccc(OCc3ccccc3)c(OC)c1COC(C)=O)NCC2. The van der Waals surface area contributed by atoms with E-state index in [-0.39, 0.29) is 18.6 Å². The quantitative estimate of drug-likeness (QED) is 0.409. The summed E-state index contributed by atoms with van der Waals surface area (Å²) in [6.45, 7) is 2.76. The molecular weight excluding hydrogens is 458 g/mol. The van der Waals surface area contributed by atoms with Gasteiger partial charge >= 0.3 is 5.97 Å². The van der Waals surface area contributed by atoms with E-state index in [0.717, 1.165) is 35.4 Å². The van der Waals surface area contributed by atoms with Crippen molar-refractivity contribution in [2.24, 2.45) is 0 Å². The van der Waals surface area contributed by atoms with Crippen LogP contribution in [0.15, 0.2) is 54.6 Å². The molecule has 190 valence electrons. The van der Waals surface area contributed by atoms with Gasteiger partial charge in [0, 0.05) is 18.5 Å². The van der Waals surface area contributed by atoms with Gasteiger partial charge in [-0.2, -0.15) is 0 Å². The number of hydrogen-bond acceptors (Lipinski definition) is 7. The molecule has 7 heteroatoms. The molecule has 3 aromatic rings. The largest absolute Gasteiger partial charge is 0.493 e. The molecule has 0 aromatic heterocycles. The zero-order valence-electron chi connectivity index (χ0n) is 21.3. The van der Waals surface area contributed by atoms with E-state index < -0.39 is 0 Å². The molecule has 0 saturated carbocycles. The van der Waals surface area contributed by atoms with Crippen LogP contribution in [0.5, 0.6) is 23.0 Å². The highest BCUT2D eigenvalue weighted by Gasteiger charge is 2.25. The molecule has 1 atom stereocenters. The van der Waals surface area contributed by atoms with Gasteiger partial charge in [-0.15, -0.1) is 0 Å². The molecular formula is C29H33NO6. The summed E-state index contributed by atoms with van der Waals surface area (Å²) in [5.74, 6) is 2.27. The third-order valence-electron chi connectivity index (χ3n) is 6.41. The number of esters is 1. The van der Waals surface area contributed by atoms with Crippen molar-refractivity contribution in [3.05, 3.63) is 82.4 Å². The zero-order chi connectivity index (χ0) is 25.5. The molecule has 1 aliphatic heterocycles. The number of rotatable bonds is 10. The van der Waals surface area contributed by atoms with Crippen molar-refractivity contribution in [2.45, 2.75) is 39.0 Å². The molecule has 1 N–H and O–H groups in total. The lowest BCUT2D eigenvalue weighted by molar-refractivity contribution is -0.142. The average molecular weight is 492 g/mol. The molecule has 0 radical (unpaired) electrons. The summed E-state index contributed by atoms with van der Waals surface area (Å²) >= 11 is 0. The summed E-state index contributed by atoms with van der Waals surface area (Å²) in [6.07, 6.45) is 1.58. The molecule has 7 nitrogen and oxygen atoms in total. The number of benzene rings is 3. The molecule has 0 spiro atoms. The van der Waals surface area contributed by atoms with Gasteiger partial charge in [0.05, 0.1) is 21.3 Å². The van der Waals surface area contributed by atoms with Gasteiger partial charge in [0.1, 0.15) is 13.2 Å². The minimum absolute atomic E-state index is 0.0467. The van der Waals surface area contributed by atoms with Gasteiger partial charge in [-0.3, -0.25) is 4.79 Å². The number of carbonyl (C=O) groups is 1. The summed E-state index contributed by atoms with van der Waals surface area (Å²) < 4.78 is 28.4. The minimum Gasteiger partial charge on any atom is -0.493 e. The summed E-state index contributed by atoms with van der Waals surface area (Å²) in [5, 5.41) is 3.63. The van der Waals surface area contributed by atoms with Gasteiger partial charge in [0.25, 0.3) is 0 Å². The van der Waals surface area contributed by atoms with E-state index in [1.807, 2.05) is 48.5 Å². The second-order valence-electron chi connectivity index (χ2n) is 8.66. The molecule has 1 aliphatic rings. The topological polar surface area (TPSA) is 75.2 Å². The van der Waals surface area contributed by atoms with Gasteiger partial charge in [0.15, 0.2) is 23.0 Å². The molecule has 0 amide bonds. The Morgan fingerprint density at radius 3 is 2.36 bits per heavy atom. The number of hydrogen-bond donors (Lipinski definition) is 1. The minimum atomic E-state index is -0.350. The summed E-state index contributed by atoms with van der Waals surface area (Å²) in [7, 11) is 4.90. The van der Waals surface area contributed by atoms with E-state index >= 15 is 0 Å². The van der Waals surface area contributed by atoms with E-state index in [1.165, 1.54) is 18.1 Å². The van der Waals surface area contributed by atoms with Crippen LogP contribution in [-0.2, 0) is 35.6 Å². The maximum Gasteiger partial charge on any atom is 0.302 e. The van der Waals surface area contributed by atoms with Gasteiger partial charge in [0.2, 0.25) is 0 Å². The number of fused-ring (bicyclic) bond motifs is 1. The first-order chi connectivity index (χ1) is 17.5. The Morgan fingerprint density at radius 1 is 0.917 bits per heavy atom. The first kappa shape index (κ1) is 25.4. The predicted octanol–water partition coefficient (Wildman–Crippen LogP) is 4.78. The predicted molar refractivity (Wildman–Crippen MR) is 137 cm³/mol. The smallest absolute Gasteiger partial charge is 0.302 e. The highest BCUT2D eigenvalue weighted by Crippen LogP contribution is 2.39. The first-order valence-corrected chi connectivity index (χ1v) is 12.0. The zero-order valence-corrected chi connectivity index (χ0v) is 21.3. The Hall–Kier alpha value is -3.71. The van der Waals surface area contributed by atoms with Gasteiger partial charge < -0.3 is 29.0 Å². The van der Waals surface area contributed by atoms with Crippen LogP contribution in [0.1, 0.15) is 40.8 Å². The van der Waals surface area contributed by atoms with Gasteiger partial charge in [-0.1, -0.05) is 36.4 Å². The summed E-state index contributed by atoms with van der Waals surface area (Å²) in [5.41, 5.74) is 5.26. The van der Waals surface area contributed by atoms with Crippen molar-refractivity contribution in [3.8, 4) is 23.0 Å². The van der Waals surface area contributed by atoms with Crippen LogP contribution in [-0.4, -0.2) is 33.8 Å². The average Bonchev–Trinajstić information content (AvgIpc) is 2.91. The fourth-order valence-corrected chi connectivity index (χ4v) is 4.61. The Morgan fingerprint density at radius 2 is 1.67 bits per heavy atom. The maximum absolute atomic E-state index is 11.7. The van der Waals surface area contributed by atoms with Gasteiger partial charge in [-0.25, -0.2) is 0 Å². The number of ether oxygens (including phenoxy) is 5. The fourth-order valence-electron chi connectivity index (χ4n) is 4.61. The monoisotopic (exact) mass is 491 g/mol. The van der Waals surface area contributed by atoms with Crippen molar-refractivity contribution in [2.75, 3.05) is 27.9 Å². The van der Waals surface area contributed by atoms with Crippen molar-refractivity contribution in [1.29, 1.82) is 0 Å². The van der Waals surface area contributed by atoms with Crippen LogP contribution in [0.3, 0.4) is 0 Å². The van der Waals surface area contributed by atoms with Gasteiger partial charge in [-0.05, 0) is 59.8 Å². The highest BCUT2D eigenvalue weighted by molar-refractivity contribution is 5.66. The van der Waals surface area contributed by atoms with Crippen LogP contribution in [0, 0.1) is 0 Å². The van der Waals surface area contributed by atoms with Crippen molar-refractivity contribution < 1.29 is 28.5 Å². The standard InChI is InChI=1S/C29H33NO6/c1-19(31)35-18-24-21(10-11-26(29(24)34-4)36-17-20-8-6-5-7-9-20)14-25-23-16-28(33-3)27(32-2)15-22(23)12-13-30-25/h5-11,15-16,25,30H,12-14,17-18H2,1-4H3. The van der Waals surface area contributed by atoms with Crippen LogP contribution in [0.4, 0.5) is 0 Å². The van der Waals surface area contributed by atoms with Crippen LogP contribution >= 0.6 is 0 Å². The second-order valence-corrected chi connectivity index (χ2v) is 8.66. The van der Waals surface area contributed by atoms with Crippen LogP contribution in [0.2, 0.25) is 0 Å². The van der Waals surface area contributed by atoms with E-state index in [9.17, 15) is 4.79 Å². The molecule has 0 aliphatic carbocycles. The third kappa shape index (κ3) is 5.74. The molecule has 4 rings (SSSR count). The van der Waals surface area contributed by atoms with Crippen molar-refractivity contribution in [1.82, 2.24) is 5.32 Å². The molecule has 0 saturated heterocycles. The third-order valence-corrected chi connectivity index (χ3v) is 6.41. The van der Waals surface area contributed by atoms with Crippen molar-refractivity contribution in [3.63, 3.8) is 0 Å². The Kier molecular flexibility index (Phi) is 8.33. The molecule has 0 fully saturated rings. The summed E-state index contributed by atoms with van der Waals surface area (Å²) in [6, 6.07) is 18.0. The van der Waals surface area contributed by atoms with E-state index in [0.29, 0.717) is 30.3 Å². The lowest BCUT2D eigenvalue weighted by Gasteiger charge is -2.29. The molecule has 0 bridgehead atoms. The molecule has 36 heavy (non-hydrogen) atoms. The first-order valence-electron chi connectivity index (χ1n) is 12.0. The number of nitrogens with one attached hydrogen (secondary N) is 1. The maximum atomic E-state index is 11.7. The van der Waals surface area contributed by atoms with E-state index in [1.54, 1.807) is 21.3 Å². The van der Waals surface area contributed by atoms with Crippen LogP contribution < -0.4 is 24.3 Å². The normalized spacial score (nSPS) is 14.5. The van der Waals surface area contributed by atoms with E-state index in [4.69, 9.17) is 23.7 Å². The second kappa shape index (κ2) is 11.8. The molecule has 1 unspecified atom stereocenters. The lowest BCUT2D eigenvalue weighted by atomic mass is 9.88. The Balaban J connectivity index is 1.66. The highest BCUT2D eigenvalue weighted by atomic mass is 16.5. The van der Waals surface area contributed by atoms with Crippen LogP contribution in [0.25, 0.3) is 0 Å². The molecule has 3 aromatic carbocycles. The number of methoxy groups -OCH3 is 3. The molecule has 1 heterocycles. The van der Waals surface area contributed by atoms with E-state index in [2.05, 4.69) is 11.4 Å². The van der Waals surface area contributed by atoms with Crippen molar-refractivity contribution >= 4 is 5.97 Å². The number of carbonyl (C=O) groups excluding carboxylic acids is 1. The Bertz CT molecular complexity index is 1190. The fraction of sp³-hybridized carbons (Fsp3) is 0.345.